The smallest absolute Gasteiger partial charge is 0.174 e. The minimum atomic E-state index is 0.434. The molecular weight excluding hydrogens is 360 g/mol. The van der Waals surface area contributed by atoms with Crippen LogP contribution in [0.3, 0.4) is 0 Å². The number of hydrogen-bond acceptors (Lipinski definition) is 6. The van der Waals surface area contributed by atoms with Gasteiger partial charge in [-0.3, -0.25) is 0 Å². The number of anilines is 1. The first-order valence-corrected chi connectivity index (χ1v) is 9.61. The van der Waals surface area contributed by atoms with Gasteiger partial charge in [0.2, 0.25) is 0 Å². The number of imidazole rings is 1. The number of aromatic nitrogens is 3. The maximum Gasteiger partial charge on any atom is 0.174 e. The molecule has 0 radical (unpaired) electrons. The highest BCUT2D eigenvalue weighted by atomic mass is 32.2. The van der Waals surface area contributed by atoms with Gasteiger partial charge in [-0.05, 0) is 37.1 Å². The standard InChI is InChI=1S/C20H20N4O2S/c1-3-4-5-8-24-14-6-7-22-19(21)18(14)23-20(24)27-17-12-16-15(11-13(17)2)25-9-10-26-16/h1,6-7,11-12H,4-5,8-10H2,2H3,(H2,21,22). The van der Waals surface area contributed by atoms with Gasteiger partial charge in [0.1, 0.15) is 18.7 Å². The van der Waals surface area contributed by atoms with Crippen molar-refractivity contribution >= 4 is 28.6 Å². The summed E-state index contributed by atoms with van der Waals surface area (Å²) in [5.41, 5.74) is 8.84. The number of fused-ring (bicyclic) bond motifs is 2. The molecule has 3 heterocycles. The maximum absolute atomic E-state index is 6.04. The Morgan fingerprint density at radius 1 is 1.30 bits per heavy atom. The van der Waals surface area contributed by atoms with Crippen molar-refractivity contribution in [3.05, 3.63) is 30.0 Å². The van der Waals surface area contributed by atoms with Crippen LogP contribution in [0.25, 0.3) is 11.0 Å². The fraction of sp³-hybridized carbons (Fsp3) is 0.300. The predicted octanol–water partition coefficient (Wildman–Crippen LogP) is 3.66. The summed E-state index contributed by atoms with van der Waals surface area (Å²) in [6, 6.07) is 5.97. The van der Waals surface area contributed by atoms with E-state index in [-0.39, 0.29) is 0 Å². The number of terminal acetylenes is 1. The maximum atomic E-state index is 6.04. The van der Waals surface area contributed by atoms with E-state index in [2.05, 4.69) is 22.4 Å². The molecule has 0 fully saturated rings. The second kappa shape index (κ2) is 7.41. The Labute approximate surface area is 162 Å². The average molecular weight is 380 g/mol. The molecule has 27 heavy (non-hydrogen) atoms. The van der Waals surface area contributed by atoms with Gasteiger partial charge in [-0.15, -0.1) is 12.3 Å². The summed E-state index contributed by atoms with van der Waals surface area (Å²) >= 11 is 1.59. The first-order valence-electron chi connectivity index (χ1n) is 8.79. The lowest BCUT2D eigenvalue weighted by Crippen LogP contribution is -2.15. The third-order valence-corrected chi connectivity index (χ3v) is 5.56. The van der Waals surface area contributed by atoms with Crippen LogP contribution in [0.5, 0.6) is 11.5 Å². The minimum absolute atomic E-state index is 0.434. The molecular formula is C20H20N4O2S. The zero-order chi connectivity index (χ0) is 18.8. The molecule has 0 unspecified atom stereocenters. The summed E-state index contributed by atoms with van der Waals surface area (Å²) in [7, 11) is 0. The molecule has 6 nitrogen and oxygen atoms in total. The molecule has 1 aliphatic rings. The summed E-state index contributed by atoms with van der Waals surface area (Å²) in [4.78, 5) is 9.99. The summed E-state index contributed by atoms with van der Waals surface area (Å²) in [5.74, 6) is 4.69. The number of benzene rings is 1. The Morgan fingerprint density at radius 2 is 2.07 bits per heavy atom. The van der Waals surface area contributed by atoms with E-state index in [4.69, 9.17) is 26.6 Å². The first kappa shape index (κ1) is 17.6. The molecule has 0 saturated heterocycles. The molecule has 1 aliphatic heterocycles. The van der Waals surface area contributed by atoms with Crippen molar-refractivity contribution in [2.45, 2.75) is 36.4 Å². The van der Waals surface area contributed by atoms with E-state index in [1.807, 2.05) is 18.2 Å². The number of ether oxygens (including phenoxy) is 2. The number of nitrogen functional groups attached to an aromatic ring is 1. The number of hydrogen-bond donors (Lipinski definition) is 1. The lowest BCUT2D eigenvalue weighted by Gasteiger charge is -2.20. The monoisotopic (exact) mass is 380 g/mol. The van der Waals surface area contributed by atoms with Crippen molar-refractivity contribution in [2.24, 2.45) is 0 Å². The van der Waals surface area contributed by atoms with Crippen molar-refractivity contribution in [1.29, 1.82) is 0 Å². The van der Waals surface area contributed by atoms with E-state index < -0.39 is 0 Å². The van der Waals surface area contributed by atoms with E-state index in [0.717, 1.165) is 51.1 Å². The molecule has 7 heteroatoms. The second-order valence-electron chi connectivity index (χ2n) is 6.28. The normalized spacial score (nSPS) is 12.9. The highest BCUT2D eigenvalue weighted by Crippen LogP contribution is 2.40. The van der Waals surface area contributed by atoms with Gasteiger partial charge in [0, 0.05) is 24.1 Å². The Bertz CT molecular complexity index is 1040. The van der Waals surface area contributed by atoms with Crippen LogP contribution in [0.2, 0.25) is 0 Å². The Balaban J connectivity index is 1.74. The summed E-state index contributed by atoms with van der Waals surface area (Å²) < 4.78 is 13.5. The van der Waals surface area contributed by atoms with Gasteiger partial charge in [0.15, 0.2) is 22.5 Å². The van der Waals surface area contributed by atoms with Crippen LogP contribution in [-0.2, 0) is 6.54 Å². The Kier molecular flexibility index (Phi) is 4.82. The van der Waals surface area contributed by atoms with Gasteiger partial charge in [0.25, 0.3) is 0 Å². The van der Waals surface area contributed by atoms with Crippen LogP contribution in [0.1, 0.15) is 18.4 Å². The van der Waals surface area contributed by atoms with Gasteiger partial charge in [-0.1, -0.05) is 11.8 Å². The molecule has 0 aliphatic carbocycles. The molecule has 0 bridgehead atoms. The van der Waals surface area contributed by atoms with Gasteiger partial charge in [-0.25, -0.2) is 9.97 Å². The van der Waals surface area contributed by atoms with Crippen LogP contribution in [-0.4, -0.2) is 27.7 Å². The van der Waals surface area contributed by atoms with E-state index >= 15 is 0 Å². The molecule has 0 saturated carbocycles. The van der Waals surface area contributed by atoms with Crippen molar-refractivity contribution in [1.82, 2.24) is 14.5 Å². The number of nitrogens with zero attached hydrogens (tertiary/aromatic N) is 3. The fourth-order valence-electron chi connectivity index (χ4n) is 3.06. The molecule has 138 valence electrons. The number of nitrogens with two attached hydrogens (primary N) is 1. The van der Waals surface area contributed by atoms with Crippen molar-refractivity contribution in [2.75, 3.05) is 18.9 Å². The van der Waals surface area contributed by atoms with Crippen molar-refractivity contribution < 1.29 is 9.47 Å². The third-order valence-electron chi connectivity index (χ3n) is 4.40. The molecule has 4 rings (SSSR count). The molecule has 2 N–H and O–H groups in total. The second-order valence-corrected chi connectivity index (χ2v) is 7.29. The number of rotatable bonds is 5. The lowest BCUT2D eigenvalue weighted by molar-refractivity contribution is 0.171. The van der Waals surface area contributed by atoms with E-state index in [0.29, 0.717) is 25.5 Å². The fourth-order valence-corrected chi connectivity index (χ4v) is 4.08. The summed E-state index contributed by atoms with van der Waals surface area (Å²) in [5, 5.41) is 0.862. The van der Waals surface area contributed by atoms with Gasteiger partial charge >= 0.3 is 0 Å². The van der Waals surface area contributed by atoms with Crippen LogP contribution in [0.15, 0.2) is 34.4 Å². The van der Waals surface area contributed by atoms with Crippen LogP contribution >= 0.6 is 11.8 Å². The highest BCUT2D eigenvalue weighted by molar-refractivity contribution is 7.99. The van der Waals surface area contributed by atoms with Crippen LogP contribution in [0, 0.1) is 19.3 Å². The third kappa shape index (κ3) is 3.40. The van der Waals surface area contributed by atoms with Crippen LogP contribution < -0.4 is 15.2 Å². The highest BCUT2D eigenvalue weighted by Gasteiger charge is 2.18. The summed E-state index contributed by atoms with van der Waals surface area (Å²) in [6.07, 6.45) is 8.71. The first-order chi connectivity index (χ1) is 13.2. The minimum Gasteiger partial charge on any atom is -0.486 e. The Hall–Kier alpha value is -2.85. The van der Waals surface area contributed by atoms with Gasteiger partial charge in [-0.2, -0.15) is 0 Å². The van der Waals surface area contributed by atoms with Crippen molar-refractivity contribution in [3.63, 3.8) is 0 Å². The molecule has 0 atom stereocenters. The van der Waals surface area contributed by atoms with Crippen molar-refractivity contribution in [3.8, 4) is 23.8 Å². The topological polar surface area (TPSA) is 75.2 Å². The van der Waals surface area contributed by atoms with E-state index in [9.17, 15) is 0 Å². The number of unbranched alkanes of at least 4 members (excludes halogenated alkanes) is 1. The molecule has 2 aromatic heterocycles. The van der Waals surface area contributed by atoms with Gasteiger partial charge < -0.3 is 19.8 Å². The summed E-state index contributed by atoms with van der Waals surface area (Å²) in [6.45, 7) is 3.97. The molecule has 1 aromatic carbocycles. The molecule has 0 spiro atoms. The zero-order valence-corrected chi connectivity index (χ0v) is 15.9. The lowest BCUT2D eigenvalue weighted by atomic mass is 10.2. The Morgan fingerprint density at radius 3 is 2.85 bits per heavy atom. The average Bonchev–Trinajstić information content (AvgIpc) is 3.01. The largest absolute Gasteiger partial charge is 0.486 e. The van der Waals surface area contributed by atoms with Crippen LogP contribution in [0.4, 0.5) is 5.82 Å². The van der Waals surface area contributed by atoms with Gasteiger partial charge in [0.05, 0.1) is 5.52 Å². The molecule has 3 aromatic rings. The van der Waals surface area contributed by atoms with E-state index in [1.54, 1.807) is 18.0 Å². The number of pyridine rings is 1. The SMILES string of the molecule is C#CCCCn1c(Sc2cc3c(cc2C)OCCO3)nc2c(N)nccc21. The zero-order valence-electron chi connectivity index (χ0n) is 15.1. The number of aryl methyl sites for hydroxylation is 2. The molecule has 0 amide bonds. The predicted molar refractivity (Wildman–Crippen MR) is 106 cm³/mol. The van der Waals surface area contributed by atoms with E-state index in [1.165, 1.54) is 0 Å². The quantitative estimate of drug-likeness (QED) is 0.538.